The van der Waals surface area contributed by atoms with Gasteiger partial charge in [-0.05, 0) is 23.6 Å². The summed E-state index contributed by atoms with van der Waals surface area (Å²) in [5.74, 6) is 0.936. The number of phenols is 1. The smallest absolute Gasteiger partial charge is 0.134 e. The number of phenolic OH excluding ortho intramolecular Hbond substituents is 1. The van der Waals surface area contributed by atoms with Gasteiger partial charge in [0.2, 0.25) is 0 Å². The van der Waals surface area contributed by atoms with Gasteiger partial charge in [-0.3, -0.25) is 0 Å². The van der Waals surface area contributed by atoms with Crippen LogP contribution in [0, 0.1) is 0 Å². The van der Waals surface area contributed by atoms with E-state index < -0.39 is 0 Å². The molecule has 0 aromatic heterocycles. The van der Waals surface area contributed by atoms with Gasteiger partial charge >= 0.3 is 0 Å². The van der Waals surface area contributed by atoms with Gasteiger partial charge in [-0.25, -0.2) is 0 Å². The van der Waals surface area contributed by atoms with Crippen molar-refractivity contribution in [1.29, 1.82) is 0 Å². The fraction of sp³-hybridized carbons (Fsp3) is 0. The number of aromatic hydroxyl groups is 1. The Morgan fingerprint density at radius 1 is 1.20 bits per heavy atom. The minimum atomic E-state index is 0. The molecule has 2 nitrogen and oxygen atoms in total. The van der Waals surface area contributed by atoms with E-state index in [4.69, 9.17) is 4.74 Å². The second kappa shape index (κ2) is 5.29. The van der Waals surface area contributed by atoms with Crippen LogP contribution in [0.2, 0.25) is 0 Å². The first-order valence-electron chi connectivity index (χ1n) is 4.30. The Bertz CT molecular complexity index is 480. The van der Waals surface area contributed by atoms with Crippen LogP contribution < -0.4 is 4.74 Å². The molecule has 0 amide bonds. The summed E-state index contributed by atoms with van der Waals surface area (Å²) in [6.07, 6.45) is 1.37. The van der Waals surface area contributed by atoms with Crippen LogP contribution in [-0.2, 0) is 32.7 Å². The summed E-state index contributed by atoms with van der Waals surface area (Å²) in [5, 5.41) is 11.3. The van der Waals surface area contributed by atoms with Crippen LogP contribution in [0.1, 0.15) is 0 Å². The molecule has 0 aliphatic heterocycles. The zero-order valence-corrected chi connectivity index (χ0v) is 11.0. The van der Waals surface area contributed by atoms with Crippen molar-refractivity contribution in [1.82, 2.24) is 0 Å². The Hall–Kier alpha value is -0.856. The second-order valence-electron chi connectivity index (χ2n) is 2.95. The molecule has 0 aliphatic rings. The Labute approximate surface area is 113 Å². The fourth-order valence-electron chi connectivity index (χ4n) is 1.42. The van der Waals surface area contributed by atoms with Crippen molar-refractivity contribution in [2.45, 2.75) is 0 Å². The van der Waals surface area contributed by atoms with Crippen LogP contribution in [0.15, 0.2) is 49.2 Å². The summed E-state index contributed by atoms with van der Waals surface area (Å²) in [5.41, 5.74) is 0. The molecule has 0 aliphatic carbocycles. The van der Waals surface area contributed by atoms with Crippen LogP contribution in [-0.4, -0.2) is 5.11 Å². The van der Waals surface area contributed by atoms with Gasteiger partial charge in [0.05, 0.1) is 6.26 Å². The van der Waals surface area contributed by atoms with Crippen LogP contribution in [0.25, 0.3) is 10.8 Å². The van der Waals surface area contributed by atoms with Crippen molar-refractivity contribution in [2.24, 2.45) is 0 Å². The van der Waals surface area contributed by atoms with Crippen molar-refractivity contribution < 1.29 is 42.6 Å². The van der Waals surface area contributed by atoms with E-state index in [1.165, 1.54) is 6.26 Å². The predicted molar refractivity (Wildman–Crippen MR) is 56.4 cm³/mol. The Kier molecular flexibility index (Phi) is 4.31. The maximum atomic E-state index is 9.34. The van der Waals surface area contributed by atoms with E-state index in [0.717, 1.165) is 10.8 Å². The van der Waals surface area contributed by atoms with Crippen molar-refractivity contribution in [3.8, 4) is 11.5 Å². The van der Waals surface area contributed by atoms with E-state index in [1.807, 2.05) is 24.3 Å². The largest absolute Gasteiger partial charge is 0.508 e. The zero-order valence-electron chi connectivity index (χ0n) is 8.18. The van der Waals surface area contributed by atoms with E-state index in [0.29, 0.717) is 5.75 Å². The van der Waals surface area contributed by atoms with Crippen LogP contribution in [0.4, 0.5) is 0 Å². The maximum Gasteiger partial charge on any atom is 0.134 e. The molecule has 15 heavy (non-hydrogen) atoms. The van der Waals surface area contributed by atoms with Gasteiger partial charge in [-0.2, -0.15) is 0 Å². The molecule has 1 radical (unpaired) electrons. The third kappa shape index (κ3) is 2.58. The topological polar surface area (TPSA) is 29.5 Å². The summed E-state index contributed by atoms with van der Waals surface area (Å²) >= 11 is 0. The fourth-order valence-corrected chi connectivity index (χ4v) is 1.42. The van der Waals surface area contributed by atoms with Gasteiger partial charge < -0.3 is 9.84 Å². The van der Waals surface area contributed by atoms with E-state index in [1.54, 1.807) is 12.1 Å². The summed E-state index contributed by atoms with van der Waals surface area (Å²) < 4.78 is 5.23. The van der Waals surface area contributed by atoms with Gasteiger partial charge in [0.1, 0.15) is 11.5 Å². The Balaban J connectivity index is 0.00000112. The number of hydrogen-bond donors (Lipinski definition) is 1. The van der Waals surface area contributed by atoms with E-state index in [2.05, 4.69) is 6.58 Å². The molecule has 0 bridgehead atoms. The minimum Gasteiger partial charge on any atom is -0.508 e. The first-order chi connectivity index (χ1) is 6.81. The standard InChI is InChI=1S/C12H10O2.Y/c1-2-14-12-5-3-4-9-6-7-10(13)8-11(9)12;/h2-8,13H,1H2;. The molecule has 0 unspecified atom stereocenters. The first-order valence-corrected chi connectivity index (χ1v) is 4.30. The average molecular weight is 275 g/mol. The molecule has 1 N–H and O–H groups in total. The summed E-state index contributed by atoms with van der Waals surface area (Å²) in [4.78, 5) is 0. The quantitative estimate of drug-likeness (QED) is 0.853. The normalized spacial score (nSPS) is 9.33. The SMILES string of the molecule is C=COc1cccc2ccc(O)cc12.[Y]. The molecule has 0 fully saturated rings. The monoisotopic (exact) mass is 275 g/mol. The van der Waals surface area contributed by atoms with E-state index in [-0.39, 0.29) is 38.5 Å². The molecule has 0 saturated heterocycles. The van der Waals surface area contributed by atoms with Crippen molar-refractivity contribution in [3.05, 3.63) is 49.2 Å². The molecule has 2 rings (SSSR count). The summed E-state index contributed by atoms with van der Waals surface area (Å²) in [6, 6.07) is 10.9. The van der Waals surface area contributed by atoms with Crippen LogP contribution in [0.3, 0.4) is 0 Å². The van der Waals surface area contributed by atoms with Gasteiger partial charge in [0.15, 0.2) is 0 Å². The van der Waals surface area contributed by atoms with Gasteiger partial charge in [-0.1, -0.05) is 24.8 Å². The van der Waals surface area contributed by atoms with E-state index in [9.17, 15) is 5.11 Å². The Morgan fingerprint density at radius 3 is 2.73 bits per heavy atom. The van der Waals surface area contributed by atoms with Gasteiger partial charge in [0, 0.05) is 38.1 Å². The molecular weight excluding hydrogens is 265 g/mol. The first kappa shape index (κ1) is 12.2. The number of rotatable bonds is 2. The third-order valence-electron chi connectivity index (χ3n) is 2.04. The number of ether oxygens (including phenoxy) is 1. The molecule has 3 heteroatoms. The molecule has 2 aromatic carbocycles. The zero-order chi connectivity index (χ0) is 9.97. The van der Waals surface area contributed by atoms with Crippen molar-refractivity contribution in [2.75, 3.05) is 0 Å². The number of hydrogen-bond acceptors (Lipinski definition) is 2. The maximum absolute atomic E-state index is 9.34. The average Bonchev–Trinajstić information content (AvgIpc) is 2.19. The van der Waals surface area contributed by atoms with Crippen LogP contribution >= 0.6 is 0 Å². The third-order valence-corrected chi connectivity index (χ3v) is 2.04. The van der Waals surface area contributed by atoms with Crippen LogP contribution in [0.5, 0.6) is 11.5 Å². The van der Waals surface area contributed by atoms with E-state index >= 15 is 0 Å². The van der Waals surface area contributed by atoms with Gasteiger partial charge in [-0.15, -0.1) is 0 Å². The van der Waals surface area contributed by atoms with Gasteiger partial charge in [0.25, 0.3) is 0 Å². The molecule has 2 aromatic rings. The molecule has 0 saturated carbocycles. The number of fused-ring (bicyclic) bond motifs is 1. The molecule has 0 spiro atoms. The number of benzene rings is 2. The van der Waals surface area contributed by atoms with Crippen molar-refractivity contribution >= 4 is 10.8 Å². The molecule has 0 atom stereocenters. The summed E-state index contributed by atoms with van der Waals surface area (Å²) in [6.45, 7) is 3.50. The molecular formula is C12H10O2Y. The predicted octanol–water partition coefficient (Wildman–Crippen LogP) is 3.07. The Morgan fingerprint density at radius 2 is 2.00 bits per heavy atom. The summed E-state index contributed by atoms with van der Waals surface area (Å²) in [7, 11) is 0. The second-order valence-corrected chi connectivity index (χ2v) is 2.95. The molecule has 73 valence electrons. The minimum absolute atomic E-state index is 0. The van der Waals surface area contributed by atoms with Crippen molar-refractivity contribution in [3.63, 3.8) is 0 Å². The molecule has 0 heterocycles.